The fraction of sp³-hybridized carbons (Fsp3) is 0.294. The molecule has 0 atom stereocenters. The number of nitrogens with one attached hydrogen (secondary N) is 1. The lowest BCUT2D eigenvalue weighted by molar-refractivity contribution is 0.229. The van der Waals surface area contributed by atoms with Gasteiger partial charge < -0.3 is 10.1 Å². The van der Waals surface area contributed by atoms with E-state index in [2.05, 4.69) is 16.4 Å². The van der Waals surface area contributed by atoms with Gasteiger partial charge in [0.25, 0.3) is 0 Å². The third kappa shape index (κ3) is 4.59. The zero-order valence-electron chi connectivity index (χ0n) is 12.3. The molecule has 1 aromatic carbocycles. The second-order valence-electron chi connectivity index (χ2n) is 5.05. The quantitative estimate of drug-likeness (QED) is 0.884. The summed E-state index contributed by atoms with van der Waals surface area (Å²) >= 11 is 0. The average molecular weight is 281 g/mol. The minimum atomic E-state index is 0.108. The van der Waals surface area contributed by atoms with Crippen molar-refractivity contribution in [2.75, 3.05) is 0 Å². The molecular weight excluding hydrogens is 262 g/mol. The highest BCUT2D eigenvalue weighted by molar-refractivity contribution is 5.31. The number of benzene rings is 1. The van der Waals surface area contributed by atoms with E-state index in [1.54, 1.807) is 6.20 Å². The van der Waals surface area contributed by atoms with Crippen LogP contribution in [-0.4, -0.2) is 11.1 Å². The minimum absolute atomic E-state index is 0.108. The molecule has 2 aromatic rings. The van der Waals surface area contributed by atoms with Gasteiger partial charge in [0.1, 0.15) is 0 Å². The zero-order chi connectivity index (χ0) is 15.1. The summed E-state index contributed by atoms with van der Waals surface area (Å²) in [7, 11) is 0. The van der Waals surface area contributed by atoms with Crippen molar-refractivity contribution in [1.29, 1.82) is 5.26 Å². The first-order valence-electron chi connectivity index (χ1n) is 6.99. The molecule has 1 heterocycles. The Bertz CT molecular complexity index is 615. The normalized spacial score (nSPS) is 10.4. The van der Waals surface area contributed by atoms with Gasteiger partial charge in [-0.15, -0.1) is 0 Å². The molecule has 0 fully saturated rings. The van der Waals surface area contributed by atoms with Gasteiger partial charge in [-0.1, -0.05) is 18.2 Å². The van der Waals surface area contributed by atoms with Gasteiger partial charge in [0, 0.05) is 24.8 Å². The van der Waals surface area contributed by atoms with Gasteiger partial charge >= 0.3 is 0 Å². The Morgan fingerprint density at radius 2 is 1.95 bits per heavy atom. The number of nitrogens with zero attached hydrogens (tertiary/aromatic N) is 2. The van der Waals surface area contributed by atoms with Crippen molar-refractivity contribution in [2.24, 2.45) is 0 Å². The molecule has 4 heteroatoms. The Morgan fingerprint density at radius 1 is 1.19 bits per heavy atom. The summed E-state index contributed by atoms with van der Waals surface area (Å²) in [6.45, 7) is 5.41. The molecule has 1 aromatic heterocycles. The van der Waals surface area contributed by atoms with Gasteiger partial charge in [0.2, 0.25) is 5.88 Å². The summed E-state index contributed by atoms with van der Waals surface area (Å²) in [5, 5.41) is 12.1. The molecule has 0 radical (unpaired) electrons. The van der Waals surface area contributed by atoms with E-state index in [0.717, 1.165) is 17.7 Å². The van der Waals surface area contributed by atoms with Crippen LogP contribution in [0.3, 0.4) is 0 Å². The number of hydrogen-bond donors (Lipinski definition) is 1. The van der Waals surface area contributed by atoms with Crippen LogP contribution in [0.5, 0.6) is 5.88 Å². The summed E-state index contributed by atoms with van der Waals surface area (Å²) in [5.74, 6) is 0.680. The summed E-state index contributed by atoms with van der Waals surface area (Å²) in [6, 6.07) is 13.6. The van der Waals surface area contributed by atoms with Crippen LogP contribution in [0, 0.1) is 11.3 Å². The van der Waals surface area contributed by atoms with E-state index < -0.39 is 0 Å². The van der Waals surface area contributed by atoms with E-state index in [9.17, 15) is 0 Å². The van der Waals surface area contributed by atoms with Gasteiger partial charge in [-0.2, -0.15) is 5.26 Å². The Kier molecular flexibility index (Phi) is 5.30. The first-order valence-corrected chi connectivity index (χ1v) is 6.99. The molecule has 0 bridgehead atoms. The Morgan fingerprint density at radius 3 is 2.62 bits per heavy atom. The second-order valence-corrected chi connectivity index (χ2v) is 5.05. The van der Waals surface area contributed by atoms with Crippen LogP contribution in [0.4, 0.5) is 0 Å². The third-order valence-corrected chi connectivity index (χ3v) is 2.92. The molecule has 0 aliphatic carbocycles. The monoisotopic (exact) mass is 281 g/mol. The number of nitriles is 1. The van der Waals surface area contributed by atoms with Gasteiger partial charge in [0.05, 0.1) is 17.7 Å². The van der Waals surface area contributed by atoms with Gasteiger partial charge in [-0.25, -0.2) is 4.98 Å². The maximum absolute atomic E-state index is 8.77. The lowest BCUT2D eigenvalue weighted by atomic mass is 10.1. The number of hydrogen-bond acceptors (Lipinski definition) is 4. The molecule has 0 amide bonds. The van der Waals surface area contributed by atoms with Crippen LogP contribution in [0.2, 0.25) is 0 Å². The summed E-state index contributed by atoms with van der Waals surface area (Å²) in [4.78, 5) is 4.27. The predicted molar refractivity (Wildman–Crippen MR) is 81.7 cm³/mol. The van der Waals surface area contributed by atoms with E-state index in [4.69, 9.17) is 10.00 Å². The lowest BCUT2D eigenvalue weighted by Crippen LogP contribution is -2.15. The Labute approximate surface area is 125 Å². The minimum Gasteiger partial charge on any atom is -0.475 e. The van der Waals surface area contributed by atoms with Crippen LogP contribution in [0.1, 0.15) is 30.5 Å². The van der Waals surface area contributed by atoms with Crippen LogP contribution in [0.25, 0.3) is 0 Å². The lowest BCUT2D eigenvalue weighted by Gasteiger charge is -2.13. The van der Waals surface area contributed by atoms with Crippen molar-refractivity contribution in [3.63, 3.8) is 0 Å². The molecule has 0 aliphatic rings. The van der Waals surface area contributed by atoms with Crippen LogP contribution in [0.15, 0.2) is 42.6 Å². The Balaban J connectivity index is 1.92. The van der Waals surface area contributed by atoms with E-state index in [1.165, 1.54) is 0 Å². The highest BCUT2D eigenvalue weighted by Gasteiger charge is 2.06. The van der Waals surface area contributed by atoms with Crippen molar-refractivity contribution >= 4 is 0 Å². The van der Waals surface area contributed by atoms with Crippen LogP contribution < -0.4 is 10.1 Å². The smallest absolute Gasteiger partial charge is 0.218 e. The van der Waals surface area contributed by atoms with Crippen molar-refractivity contribution < 1.29 is 4.74 Å². The maximum atomic E-state index is 8.77. The van der Waals surface area contributed by atoms with Gasteiger partial charge in [-0.05, 0) is 37.6 Å². The van der Waals surface area contributed by atoms with Crippen LogP contribution in [-0.2, 0) is 13.1 Å². The van der Waals surface area contributed by atoms with Gasteiger partial charge in [0.15, 0.2) is 0 Å². The van der Waals surface area contributed by atoms with E-state index in [-0.39, 0.29) is 6.10 Å². The average Bonchev–Trinajstić information content (AvgIpc) is 2.49. The maximum Gasteiger partial charge on any atom is 0.218 e. The molecule has 108 valence electrons. The standard InChI is InChI=1S/C17H19N3O/c1-13(2)21-17-16(4-3-9-20-17)12-19-11-15-7-5-14(10-18)6-8-15/h3-9,13,19H,11-12H2,1-2H3. The number of aromatic nitrogens is 1. The molecule has 1 N–H and O–H groups in total. The molecule has 0 saturated carbocycles. The number of rotatable bonds is 6. The van der Waals surface area contributed by atoms with E-state index in [0.29, 0.717) is 18.0 Å². The fourth-order valence-electron chi connectivity index (χ4n) is 1.93. The van der Waals surface area contributed by atoms with Crippen molar-refractivity contribution in [3.8, 4) is 11.9 Å². The van der Waals surface area contributed by atoms with Gasteiger partial charge in [-0.3, -0.25) is 0 Å². The fourth-order valence-corrected chi connectivity index (χ4v) is 1.93. The molecule has 0 aliphatic heterocycles. The molecule has 0 saturated heterocycles. The highest BCUT2D eigenvalue weighted by atomic mass is 16.5. The predicted octanol–water partition coefficient (Wildman–Crippen LogP) is 3.03. The molecule has 2 rings (SSSR count). The zero-order valence-corrected chi connectivity index (χ0v) is 12.3. The van der Waals surface area contributed by atoms with Crippen molar-refractivity contribution in [3.05, 3.63) is 59.3 Å². The third-order valence-electron chi connectivity index (χ3n) is 2.92. The van der Waals surface area contributed by atoms with Crippen molar-refractivity contribution in [1.82, 2.24) is 10.3 Å². The van der Waals surface area contributed by atoms with Crippen molar-refractivity contribution in [2.45, 2.75) is 33.0 Å². The van der Waals surface area contributed by atoms with Crippen LogP contribution >= 0.6 is 0 Å². The molecule has 0 spiro atoms. The molecule has 4 nitrogen and oxygen atoms in total. The number of pyridine rings is 1. The molecule has 21 heavy (non-hydrogen) atoms. The largest absolute Gasteiger partial charge is 0.475 e. The number of ether oxygens (including phenoxy) is 1. The SMILES string of the molecule is CC(C)Oc1ncccc1CNCc1ccc(C#N)cc1. The van der Waals surface area contributed by atoms with E-state index >= 15 is 0 Å². The second kappa shape index (κ2) is 7.41. The highest BCUT2D eigenvalue weighted by Crippen LogP contribution is 2.15. The van der Waals surface area contributed by atoms with E-state index in [1.807, 2.05) is 50.2 Å². The summed E-state index contributed by atoms with van der Waals surface area (Å²) in [6.07, 6.45) is 1.85. The molecular formula is C17H19N3O. The summed E-state index contributed by atoms with van der Waals surface area (Å²) in [5.41, 5.74) is 2.86. The first-order chi connectivity index (χ1) is 10.2. The topological polar surface area (TPSA) is 57.9 Å². The Hall–Kier alpha value is -2.38. The molecule has 0 unspecified atom stereocenters. The summed E-state index contributed by atoms with van der Waals surface area (Å²) < 4.78 is 5.69. The first kappa shape index (κ1) is 15.0.